The Hall–Kier alpha value is -4.43. The van der Waals surface area contributed by atoms with Gasteiger partial charge in [-0.1, -0.05) is 18.8 Å². The Balaban J connectivity index is 1.65. The first kappa shape index (κ1) is 32.5. The van der Waals surface area contributed by atoms with E-state index in [0.717, 1.165) is 16.4 Å². The Labute approximate surface area is 253 Å². The van der Waals surface area contributed by atoms with Crippen LogP contribution < -0.4 is 4.74 Å². The van der Waals surface area contributed by atoms with E-state index in [-0.39, 0.29) is 42.0 Å². The Morgan fingerprint density at radius 2 is 1.73 bits per heavy atom. The maximum atomic E-state index is 13.6. The Bertz CT molecular complexity index is 1730. The Morgan fingerprint density at radius 1 is 1.11 bits per heavy atom. The number of hydrogen-bond acceptors (Lipinski definition) is 7. The van der Waals surface area contributed by atoms with Crippen molar-refractivity contribution in [2.45, 2.75) is 37.1 Å². The fourth-order valence-electron chi connectivity index (χ4n) is 4.51. The Morgan fingerprint density at radius 3 is 2.32 bits per heavy atom. The van der Waals surface area contributed by atoms with Crippen molar-refractivity contribution in [2.75, 3.05) is 26.7 Å². The number of hydrogen-bond donors (Lipinski definition) is 1. The van der Waals surface area contributed by atoms with Crippen molar-refractivity contribution in [1.82, 2.24) is 14.2 Å². The molecule has 2 aromatic carbocycles. The SMILES string of the molecule is C[C@H](CO)N1C[C@H](C)[C@H](CN(C)S(=O)(=O)c2ccc(C#N)cc2)Oc2ncc(C#Cc3ccc(C(F)(F)F)cc3)cc2C1=O. The van der Waals surface area contributed by atoms with E-state index in [1.165, 1.54) is 60.6 Å². The van der Waals surface area contributed by atoms with Crippen LogP contribution in [0.15, 0.2) is 65.7 Å². The van der Waals surface area contributed by atoms with Crippen molar-refractivity contribution in [2.24, 2.45) is 5.92 Å². The number of aliphatic hydroxyl groups is 1. The van der Waals surface area contributed by atoms with Crippen LogP contribution in [0, 0.1) is 29.1 Å². The lowest BCUT2D eigenvalue weighted by molar-refractivity contribution is -0.137. The van der Waals surface area contributed by atoms with E-state index >= 15 is 0 Å². The summed E-state index contributed by atoms with van der Waals surface area (Å²) < 4.78 is 72.5. The number of amides is 1. The van der Waals surface area contributed by atoms with E-state index in [4.69, 9.17) is 10.00 Å². The summed E-state index contributed by atoms with van der Waals surface area (Å²) in [6.07, 6.45) is -3.88. The summed E-state index contributed by atoms with van der Waals surface area (Å²) in [4.78, 5) is 19.4. The number of benzene rings is 2. The molecule has 0 fully saturated rings. The molecule has 230 valence electrons. The van der Waals surface area contributed by atoms with Crippen molar-refractivity contribution in [1.29, 1.82) is 5.26 Å². The fraction of sp³-hybridized carbons (Fsp3) is 0.323. The first-order chi connectivity index (χ1) is 20.7. The minimum Gasteiger partial charge on any atom is -0.472 e. The number of fused-ring (bicyclic) bond motifs is 1. The highest BCUT2D eigenvalue weighted by molar-refractivity contribution is 7.89. The topological polar surface area (TPSA) is 124 Å². The van der Waals surface area contributed by atoms with Crippen LogP contribution in [0.3, 0.4) is 0 Å². The summed E-state index contributed by atoms with van der Waals surface area (Å²) in [7, 11) is -2.56. The van der Waals surface area contributed by atoms with Gasteiger partial charge in [0, 0.05) is 36.8 Å². The van der Waals surface area contributed by atoms with Crippen LogP contribution in [0.1, 0.15) is 46.5 Å². The molecule has 0 saturated heterocycles. The zero-order valence-corrected chi connectivity index (χ0v) is 24.9. The van der Waals surface area contributed by atoms with Gasteiger partial charge in [0.2, 0.25) is 15.9 Å². The molecule has 0 aliphatic carbocycles. The second-order valence-corrected chi connectivity index (χ2v) is 12.5. The summed E-state index contributed by atoms with van der Waals surface area (Å²) in [5.41, 5.74) is 0.174. The summed E-state index contributed by atoms with van der Waals surface area (Å²) >= 11 is 0. The van der Waals surface area contributed by atoms with Gasteiger partial charge in [-0.05, 0) is 61.5 Å². The molecule has 0 unspecified atom stereocenters. The van der Waals surface area contributed by atoms with Gasteiger partial charge in [0.15, 0.2) is 0 Å². The van der Waals surface area contributed by atoms with Gasteiger partial charge in [0.25, 0.3) is 5.91 Å². The number of carbonyl (C=O) groups excluding carboxylic acids is 1. The van der Waals surface area contributed by atoms with Crippen LogP contribution in [0.2, 0.25) is 0 Å². The fourth-order valence-corrected chi connectivity index (χ4v) is 5.69. The van der Waals surface area contributed by atoms with Gasteiger partial charge >= 0.3 is 6.18 Å². The molecule has 44 heavy (non-hydrogen) atoms. The summed E-state index contributed by atoms with van der Waals surface area (Å²) in [5.74, 6) is 4.65. The van der Waals surface area contributed by atoms with Gasteiger partial charge in [-0.2, -0.15) is 22.7 Å². The molecule has 3 atom stereocenters. The van der Waals surface area contributed by atoms with E-state index in [2.05, 4.69) is 16.8 Å². The quantitative estimate of drug-likeness (QED) is 0.412. The largest absolute Gasteiger partial charge is 0.472 e. The third-order valence-electron chi connectivity index (χ3n) is 7.21. The van der Waals surface area contributed by atoms with Gasteiger partial charge in [-0.25, -0.2) is 13.4 Å². The maximum Gasteiger partial charge on any atom is 0.416 e. The third-order valence-corrected chi connectivity index (χ3v) is 9.05. The number of likely N-dealkylation sites (N-methyl/N-ethyl adjacent to an activating group) is 1. The van der Waals surface area contributed by atoms with Crippen molar-refractivity contribution in [3.05, 3.63) is 88.6 Å². The van der Waals surface area contributed by atoms with Crippen LogP contribution in [0.5, 0.6) is 5.88 Å². The van der Waals surface area contributed by atoms with E-state index in [9.17, 15) is 31.5 Å². The van der Waals surface area contributed by atoms with Gasteiger partial charge < -0.3 is 14.7 Å². The minimum atomic E-state index is -4.47. The molecule has 0 saturated carbocycles. The van der Waals surface area contributed by atoms with E-state index in [1.807, 2.05) is 6.07 Å². The number of nitriles is 1. The summed E-state index contributed by atoms with van der Waals surface area (Å²) in [5, 5.41) is 18.9. The molecular weight excluding hydrogens is 597 g/mol. The molecule has 1 amide bonds. The molecule has 4 rings (SSSR count). The third kappa shape index (κ3) is 7.19. The van der Waals surface area contributed by atoms with Crippen molar-refractivity contribution in [3.8, 4) is 23.8 Å². The number of rotatable bonds is 6. The second-order valence-electron chi connectivity index (χ2n) is 10.4. The molecule has 2 heterocycles. The molecule has 0 radical (unpaired) electrons. The predicted molar refractivity (Wildman–Crippen MR) is 154 cm³/mol. The van der Waals surface area contributed by atoms with Crippen LogP contribution >= 0.6 is 0 Å². The molecule has 13 heteroatoms. The molecule has 0 spiro atoms. The van der Waals surface area contributed by atoms with Gasteiger partial charge in [-0.3, -0.25) is 4.79 Å². The number of aromatic nitrogens is 1. The number of halogens is 3. The average Bonchev–Trinajstić information content (AvgIpc) is 3.01. The monoisotopic (exact) mass is 626 g/mol. The van der Waals surface area contributed by atoms with E-state index in [1.54, 1.807) is 13.8 Å². The van der Waals surface area contributed by atoms with Crippen LogP contribution in [-0.2, 0) is 16.2 Å². The Kier molecular flexibility index (Phi) is 9.64. The summed E-state index contributed by atoms with van der Waals surface area (Å²) in [6.45, 7) is 3.18. The number of sulfonamides is 1. The lowest BCUT2D eigenvalue weighted by atomic mass is 10.0. The standard InChI is InChI=1S/C31H29F3N4O5S/c1-20-17-38(21(2)19-39)30(40)27-14-24(5-4-22-6-10-25(11-7-22)31(32,33)34)16-36-29(27)43-28(20)18-37(3)44(41,42)26-12-8-23(15-35)9-13-26/h6-14,16,20-21,28,39H,17-19H2,1-3H3/t20-,21+,28-/m0/s1. The van der Waals surface area contributed by atoms with Crippen molar-refractivity contribution < 1.29 is 36.2 Å². The van der Waals surface area contributed by atoms with Gasteiger partial charge in [0.05, 0.1) is 41.3 Å². The number of ether oxygens (including phenoxy) is 1. The van der Waals surface area contributed by atoms with E-state index in [0.29, 0.717) is 16.7 Å². The van der Waals surface area contributed by atoms with Crippen LogP contribution in [-0.4, -0.2) is 72.5 Å². The molecule has 1 N–H and O–H groups in total. The highest BCUT2D eigenvalue weighted by Gasteiger charge is 2.36. The zero-order chi connectivity index (χ0) is 32.2. The first-order valence-electron chi connectivity index (χ1n) is 13.5. The molecule has 9 nitrogen and oxygen atoms in total. The summed E-state index contributed by atoms with van der Waals surface area (Å²) in [6, 6.07) is 12.7. The second kappa shape index (κ2) is 13.1. The lowest BCUT2D eigenvalue weighted by Crippen LogP contribution is -2.50. The average molecular weight is 627 g/mol. The van der Waals surface area contributed by atoms with E-state index < -0.39 is 39.8 Å². The number of pyridine rings is 1. The predicted octanol–water partition coefficient (Wildman–Crippen LogP) is 3.91. The highest BCUT2D eigenvalue weighted by Crippen LogP contribution is 2.30. The molecule has 1 aliphatic rings. The first-order valence-corrected chi connectivity index (χ1v) is 14.9. The number of aliphatic hydroxyl groups excluding tert-OH is 1. The van der Waals surface area contributed by atoms with Crippen molar-refractivity contribution in [3.63, 3.8) is 0 Å². The molecule has 0 bridgehead atoms. The maximum absolute atomic E-state index is 13.6. The van der Waals surface area contributed by atoms with Crippen molar-refractivity contribution >= 4 is 15.9 Å². The number of carbonyl (C=O) groups is 1. The number of nitrogens with zero attached hydrogens (tertiary/aromatic N) is 4. The lowest BCUT2D eigenvalue weighted by Gasteiger charge is -2.37. The van der Waals surface area contributed by atoms with Crippen LogP contribution in [0.4, 0.5) is 13.2 Å². The van der Waals surface area contributed by atoms with Gasteiger partial charge in [0.1, 0.15) is 11.7 Å². The molecular formula is C31H29F3N4O5S. The zero-order valence-electron chi connectivity index (χ0n) is 24.0. The molecule has 1 aromatic heterocycles. The minimum absolute atomic E-state index is 0.00186. The normalized spacial score (nSPS) is 17.8. The smallest absolute Gasteiger partial charge is 0.416 e. The molecule has 3 aromatic rings. The highest BCUT2D eigenvalue weighted by atomic mass is 32.2. The van der Waals surface area contributed by atoms with Crippen LogP contribution in [0.25, 0.3) is 0 Å². The van der Waals surface area contributed by atoms with Gasteiger partial charge in [-0.15, -0.1) is 0 Å². The molecule has 1 aliphatic heterocycles. The number of alkyl halides is 3.